The summed E-state index contributed by atoms with van der Waals surface area (Å²) in [5.41, 5.74) is -0.579. The van der Waals surface area contributed by atoms with E-state index in [1.165, 1.54) is 12.1 Å². The third-order valence-corrected chi connectivity index (χ3v) is 8.18. The molecule has 1 saturated heterocycles. The molecule has 0 aromatic heterocycles. The molecule has 20 nitrogen and oxygen atoms in total. The highest BCUT2D eigenvalue weighted by Gasteiger charge is 2.46. The van der Waals surface area contributed by atoms with Crippen LogP contribution in [0.4, 0.5) is 8.78 Å². The first-order valence-corrected chi connectivity index (χ1v) is 19.2. The molecule has 2 aromatic rings. The Morgan fingerprint density at radius 3 is 1.74 bits per heavy atom. The average Bonchev–Trinajstić information content (AvgIpc) is 3.52. The molecule has 0 bridgehead atoms. The topological polar surface area (TPSA) is 314 Å². The molecular weight excluding hydrogens is 875 g/mol. The van der Waals surface area contributed by atoms with Gasteiger partial charge in [0.05, 0.1) is 42.5 Å². The maximum Gasteiger partial charge on any atom is 0.552 e. The second-order valence-electron chi connectivity index (χ2n) is 13.9. The molecule has 0 unspecified atom stereocenters. The van der Waals surface area contributed by atoms with Crippen LogP contribution in [0.25, 0.3) is 0 Å². The van der Waals surface area contributed by atoms with Gasteiger partial charge in [0, 0.05) is 10.0 Å². The Labute approximate surface area is 364 Å². The van der Waals surface area contributed by atoms with E-state index in [4.69, 9.17) is 47.8 Å². The molecule has 0 spiro atoms. The van der Waals surface area contributed by atoms with Crippen molar-refractivity contribution in [3.8, 4) is 0 Å². The molecule has 0 radical (unpaired) electrons. The summed E-state index contributed by atoms with van der Waals surface area (Å²) >= 11 is 11.4. The van der Waals surface area contributed by atoms with Gasteiger partial charge in [-0.1, -0.05) is 50.9 Å². The maximum atomic E-state index is 13.7. The maximum absolute atomic E-state index is 13.7. The number of benzene rings is 2. The summed E-state index contributed by atoms with van der Waals surface area (Å²) in [6, 6.07) is 6.98. The number of rotatable bonds is 20. The third kappa shape index (κ3) is 21.4. The number of halogens is 4. The molecule has 4 atom stereocenters. The molecule has 1 heterocycles. The highest BCUT2D eigenvalue weighted by atomic mass is 35.5. The number of ether oxygens (including phenoxy) is 1. The molecule has 4 amide bonds. The lowest BCUT2D eigenvalue weighted by Crippen LogP contribution is -2.50. The predicted molar refractivity (Wildman–Crippen MR) is 215 cm³/mol. The number of aliphatic hydroxyl groups excluding tert-OH is 1. The molecule has 26 heteroatoms. The van der Waals surface area contributed by atoms with Crippen molar-refractivity contribution in [2.45, 2.75) is 77.7 Å². The number of aliphatic carboxylic acids is 2. The smallest absolute Gasteiger partial charge is 0.506 e. The number of carboxylic acid groups (broad SMARTS) is 2. The lowest BCUT2D eigenvalue weighted by atomic mass is 9.74. The Hall–Kier alpha value is -5.39. The largest absolute Gasteiger partial charge is 0.552 e. The Kier molecular flexibility index (Phi) is 24.3. The normalized spacial score (nSPS) is 14.4. The van der Waals surface area contributed by atoms with Crippen LogP contribution >= 0.6 is 23.2 Å². The Morgan fingerprint density at radius 1 is 0.839 bits per heavy atom. The monoisotopic (exact) mass is 920 g/mol. The van der Waals surface area contributed by atoms with Gasteiger partial charge in [-0.15, -0.1) is 0 Å². The molecule has 1 aliphatic heterocycles. The van der Waals surface area contributed by atoms with E-state index in [0.717, 1.165) is 24.3 Å². The summed E-state index contributed by atoms with van der Waals surface area (Å²) in [7, 11) is -2.86. The fourth-order valence-corrected chi connectivity index (χ4v) is 5.39. The number of hydrogen-bond donors (Lipinski definition) is 9. The SMILES string of the molecule is CC(C)C[C@H](NC(=O)CNC(=O)c1cc(Cl)ccc1F)B(O)O.CC(C)C[C@H](NC(=O)CNC(=O)c1cc(Cl)ccc1F)B1OC(=O)[C@@H](CC(=O)O)O1.O=CO[C@@H](O)CC(=O)O. The van der Waals surface area contributed by atoms with E-state index in [1.54, 1.807) is 0 Å². The van der Waals surface area contributed by atoms with Crippen LogP contribution in [0.3, 0.4) is 0 Å². The predicted octanol–water partition coefficient (Wildman–Crippen LogP) is 0.888. The van der Waals surface area contributed by atoms with Crippen molar-refractivity contribution in [1.29, 1.82) is 0 Å². The van der Waals surface area contributed by atoms with Gasteiger partial charge in [-0.05, 0) is 61.1 Å². The van der Waals surface area contributed by atoms with Crippen molar-refractivity contribution in [3.05, 3.63) is 69.2 Å². The molecular formula is C36H46B2Cl2F2N4O16. The lowest BCUT2D eigenvalue weighted by molar-refractivity contribution is -0.160. The number of carbonyl (C=O) groups is 8. The van der Waals surface area contributed by atoms with E-state index in [2.05, 4.69) is 26.0 Å². The van der Waals surface area contributed by atoms with Crippen molar-refractivity contribution in [2.24, 2.45) is 11.8 Å². The van der Waals surface area contributed by atoms with Crippen LogP contribution in [0.1, 0.15) is 74.1 Å². The molecule has 1 fully saturated rings. The van der Waals surface area contributed by atoms with Gasteiger partial charge in [0.25, 0.3) is 18.3 Å². The zero-order chi connectivity index (χ0) is 47.3. The summed E-state index contributed by atoms with van der Waals surface area (Å²) in [6.45, 7) is 6.57. The number of amides is 4. The van der Waals surface area contributed by atoms with E-state index in [9.17, 15) is 57.2 Å². The molecule has 0 aliphatic carbocycles. The number of carbonyl (C=O) groups excluding carboxylic acids is 6. The summed E-state index contributed by atoms with van der Waals surface area (Å²) in [5.74, 6) is -9.05. The summed E-state index contributed by atoms with van der Waals surface area (Å²) in [5, 5.41) is 53.5. The second kappa shape index (κ2) is 27.5. The highest BCUT2D eigenvalue weighted by molar-refractivity contribution is 6.51. The van der Waals surface area contributed by atoms with Crippen LogP contribution in [0.2, 0.25) is 10.0 Å². The zero-order valence-corrected chi connectivity index (χ0v) is 35.2. The van der Waals surface area contributed by atoms with Crippen LogP contribution < -0.4 is 21.3 Å². The Balaban J connectivity index is 0.000000530. The van der Waals surface area contributed by atoms with Crippen LogP contribution in [0.5, 0.6) is 0 Å². The van der Waals surface area contributed by atoms with E-state index in [-0.39, 0.29) is 39.5 Å². The summed E-state index contributed by atoms with van der Waals surface area (Å²) in [6.07, 6.45) is -3.21. The number of aliphatic hydroxyl groups is 1. The van der Waals surface area contributed by atoms with Crippen LogP contribution in [-0.2, 0) is 42.8 Å². The zero-order valence-electron chi connectivity index (χ0n) is 33.6. The van der Waals surface area contributed by atoms with Gasteiger partial charge in [-0.25, -0.2) is 8.78 Å². The molecule has 2 aromatic carbocycles. The lowest BCUT2D eigenvalue weighted by Gasteiger charge is -2.21. The number of hydrogen-bond acceptors (Lipinski definition) is 14. The first-order chi connectivity index (χ1) is 28.9. The standard InChI is InChI=1S/C18H21BClFN2O7.C14H19BClFN2O4.C4H6O5/c1-9(2)5-14(19-29-13(7-16(25)26)18(28)30-19)23-15(24)8-22-17(27)11-6-10(20)3-4-12(11)21;1-8(2)5-12(15(22)23)19-13(20)7-18-14(21)10-6-9(16)3-4-11(10)17;5-2-9-4(8)1-3(6)7/h3-4,6,9,13-14H,5,7-8H2,1-2H3,(H,22,27)(H,23,24)(H,25,26);3-4,6,8,12,22-23H,5,7H2,1-2H3,(H,18,21)(H,19,20);2,4,8H,1H2,(H,6,7)/t13-,14+;12-;4-/m101/s1. The van der Waals surface area contributed by atoms with E-state index in [0.29, 0.717) is 12.8 Å². The van der Waals surface area contributed by atoms with Gasteiger partial charge < -0.3 is 60.7 Å². The van der Waals surface area contributed by atoms with Crippen molar-refractivity contribution < 1.29 is 86.6 Å². The number of carboxylic acids is 2. The van der Waals surface area contributed by atoms with Gasteiger partial charge in [-0.3, -0.25) is 38.4 Å². The minimum atomic E-state index is -1.71. The second-order valence-corrected chi connectivity index (χ2v) is 14.8. The molecule has 3 rings (SSSR count). The van der Waals surface area contributed by atoms with Gasteiger partial charge in [0.15, 0.2) is 6.10 Å². The van der Waals surface area contributed by atoms with Crippen molar-refractivity contribution in [1.82, 2.24) is 21.3 Å². The van der Waals surface area contributed by atoms with E-state index < -0.39 is 118 Å². The molecule has 9 N–H and O–H groups in total. The minimum absolute atomic E-state index is 0.00634. The van der Waals surface area contributed by atoms with E-state index in [1.807, 2.05) is 27.7 Å². The average molecular weight is 921 g/mol. The van der Waals surface area contributed by atoms with Crippen molar-refractivity contribution >= 4 is 85.4 Å². The van der Waals surface area contributed by atoms with Gasteiger partial charge in [0.1, 0.15) is 18.1 Å². The Morgan fingerprint density at radius 2 is 1.32 bits per heavy atom. The highest BCUT2D eigenvalue weighted by Crippen LogP contribution is 2.20. The molecule has 62 heavy (non-hydrogen) atoms. The van der Waals surface area contributed by atoms with Crippen molar-refractivity contribution in [3.63, 3.8) is 0 Å². The van der Waals surface area contributed by atoms with Gasteiger partial charge in [-0.2, -0.15) is 0 Å². The van der Waals surface area contributed by atoms with Crippen LogP contribution in [-0.4, -0.2) is 125 Å². The van der Waals surface area contributed by atoms with Gasteiger partial charge >= 0.3 is 32.1 Å². The van der Waals surface area contributed by atoms with Crippen LogP contribution in [0, 0.1) is 23.5 Å². The minimum Gasteiger partial charge on any atom is -0.506 e. The van der Waals surface area contributed by atoms with E-state index >= 15 is 0 Å². The van der Waals surface area contributed by atoms with Gasteiger partial charge in [0.2, 0.25) is 18.1 Å². The fourth-order valence-electron chi connectivity index (χ4n) is 5.04. The summed E-state index contributed by atoms with van der Waals surface area (Å²) < 4.78 is 41.5. The molecule has 1 aliphatic rings. The Bertz CT molecular complexity index is 1880. The molecule has 0 saturated carbocycles. The molecule has 340 valence electrons. The van der Waals surface area contributed by atoms with Crippen LogP contribution in [0.15, 0.2) is 36.4 Å². The summed E-state index contributed by atoms with van der Waals surface area (Å²) in [4.78, 5) is 89.7. The third-order valence-electron chi connectivity index (χ3n) is 7.71. The number of nitrogens with one attached hydrogen (secondary N) is 4. The fraction of sp³-hybridized carbons (Fsp3) is 0.444. The van der Waals surface area contributed by atoms with Crippen molar-refractivity contribution in [2.75, 3.05) is 13.1 Å². The quantitative estimate of drug-likeness (QED) is 0.0506. The first kappa shape index (κ1) is 54.6. The first-order valence-electron chi connectivity index (χ1n) is 18.4.